The molecular formula is C13H17NOS. The monoisotopic (exact) mass is 235 g/mol. The topological polar surface area (TPSA) is 20.3 Å². The van der Waals surface area contributed by atoms with Gasteiger partial charge in [-0.25, -0.2) is 0 Å². The van der Waals surface area contributed by atoms with E-state index < -0.39 is 0 Å². The predicted octanol–water partition coefficient (Wildman–Crippen LogP) is 2.96. The summed E-state index contributed by atoms with van der Waals surface area (Å²) in [7, 11) is 0. The molecule has 1 aromatic rings. The Labute approximate surface area is 101 Å². The first-order valence-electron chi connectivity index (χ1n) is 5.65. The number of hydrogen-bond acceptors (Lipinski definition) is 2. The highest BCUT2D eigenvalue weighted by molar-refractivity contribution is 7.99. The van der Waals surface area contributed by atoms with E-state index in [1.165, 1.54) is 5.56 Å². The molecule has 16 heavy (non-hydrogen) atoms. The summed E-state index contributed by atoms with van der Waals surface area (Å²) in [5, 5.41) is 0. The molecule has 0 atom stereocenters. The molecule has 1 amide bonds. The highest BCUT2D eigenvalue weighted by Gasteiger charge is 2.19. The number of carbonyl (C=O) groups excluding carboxylic acids is 1. The molecule has 1 fully saturated rings. The Hall–Kier alpha value is -0.960. The molecule has 0 unspecified atom stereocenters. The van der Waals surface area contributed by atoms with Gasteiger partial charge in [-0.3, -0.25) is 4.79 Å². The van der Waals surface area contributed by atoms with E-state index in [1.54, 1.807) is 0 Å². The summed E-state index contributed by atoms with van der Waals surface area (Å²) in [5.74, 6) is 2.59. The maximum atomic E-state index is 12.0. The summed E-state index contributed by atoms with van der Waals surface area (Å²) in [6, 6.07) is 8.00. The van der Waals surface area contributed by atoms with Gasteiger partial charge in [0.1, 0.15) is 0 Å². The number of thioether (sulfide) groups is 1. The smallest absolute Gasteiger partial charge is 0.254 e. The molecule has 2 nitrogen and oxygen atoms in total. The van der Waals surface area contributed by atoms with Crippen molar-refractivity contribution in [3.63, 3.8) is 0 Å². The van der Waals surface area contributed by atoms with Crippen LogP contribution in [-0.2, 0) is 0 Å². The SMILES string of the molecule is CC(C)c1ccc(C(=O)N2CCSC2)cc1. The van der Waals surface area contributed by atoms with Crippen LogP contribution in [0.5, 0.6) is 0 Å². The molecule has 1 aliphatic rings. The van der Waals surface area contributed by atoms with Crippen molar-refractivity contribution >= 4 is 17.7 Å². The van der Waals surface area contributed by atoms with E-state index in [-0.39, 0.29) is 5.91 Å². The van der Waals surface area contributed by atoms with Gasteiger partial charge in [0, 0.05) is 17.9 Å². The first kappa shape index (κ1) is 11.5. The Bertz CT molecular complexity index is 366. The van der Waals surface area contributed by atoms with E-state index in [0.717, 1.165) is 23.7 Å². The van der Waals surface area contributed by atoms with Crippen LogP contribution in [-0.4, -0.2) is 29.0 Å². The second kappa shape index (κ2) is 4.91. The number of rotatable bonds is 2. The van der Waals surface area contributed by atoms with Crippen LogP contribution < -0.4 is 0 Å². The van der Waals surface area contributed by atoms with Crippen LogP contribution in [0.15, 0.2) is 24.3 Å². The Balaban J connectivity index is 2.11. The number of amides is 1. The van der Waals surface area contributed by atoms with Crippen LogP contribution in [0.2, 0.25) is 0 Å². The zero-order valence-electron chi connectivity index (χ0n) is 9.77. The molecule has 1 aromatic carbocycles. The highest BCUT2D eigenvalue weighted by Crippen LogP contribution is 2.19. The van der Waals surface area contributed by atoms with Gasteiger partial charge in [-0.2, -0.15) is 0 Å². The van der Waals surface area contributed by atoms with Gasteiger partial charge < -0.3 is 4.90 Å². The summed E-state index contributed by atoms with van der Waals surface area (Å²) < 4.78 is 0. The zero-order chi connectivity index (χ0) is 11.5. The first-order valence-corrected chi connectivity index (χ1v) is 6.81. The first-order chi connectivity index (χ1) is 7.68. The van der Waals surface area contributed by atoms with E-state index in [0.29, 0.717) is 5.92 Å². The van der Waals surface area contributed by atoms with Gasteiger partial charge in [-0.1, -0.05) is 26.0 Å². The van der Waals surface area contributed by atoms with E-state index >= 15 is 0 Å². The lowest BCUT2D eigenvalue weighted by Gasteiger charge is -2.14. The summed E-state index contributed by atoms with van der Waals surface area (Å²) in [6.45, 7) is 5.21. The predicted molar refractivity (Wildman–Crippen MR) is 68.9 cm³/mol. The lowest BCUT2D eigenvalue weighted by atomic mass is 10.0. The van der Waals surface area contributed by atoms with Crippen molar-refractivity contribution in [2.75, 3.05) is 18.2 Å². The van der Waals surface area contributed by atoms with Gasteiger partial charge in [-0.15, -0.1) is 11.8 Å². The summed E-state index contributed by atoms with van der Waals surface area (Å²) >= 11 is 1.82. The minimum atomic E-state index is 0.167. The van der Waals surface area contributed by atoms with Crippen molar-refractivity contribution in [1.82, 2.24) is 4.90 Å². The maximum Gasteiger partial charge on any atom is 0.254 e. The van der Waals surface area contributed by atoms with Gasteiger partial charge in [0.15, 0.2) is 0 Å². The van der Waals surface area contributed by atoms with Crippen molar-refractivity contribution in [3.05, 3.63) is 35.4 Å². The quantitative estimate of drug-likeness (QED) is 0.785. The van der Waals surface area contributed by atoms with Crippen LogP contribution in [0.1, 0.15) is 35.7 Å². The molecule has 0 aliphatic carbocycles. The van der Waals surface area contributed by atoms with Crippen molar-refractivity contribution in [2.24, 2.45) is 0 Å². The molecule has 0 bridgehead atoms. The van der Waals surface area contributed by atoms with Gasteiger partial charge in [0.25, 0.3) is 5.91 Å². The largest absolute Gasteiger partial charge is 0.329 e. The third-order valence-corrected chi connectivity index (χ3v) is 3.83. The molecule has 0 radical (unpaired) electrons. The molecule has 2 rings (SSSR count). The van der Waals surface area contributed by atoms with Crippen LogP contribution in [0.3, 0.4) is 0 Å². The van der Waals surface area contributed by atoms with Crippen LogP contribution >= 0.6 is 11.8 Å². The summed E-state index contributed by atoms with van der Waals surface area (Å²) in [6.07, 6.45) is 0. The fourth-order valence-corrected chi connectivity index (χ4v) is 2.71. The zero-order valence-corrected chi connectivity index (χ0v) is 10.6. The third-order valence-electron chi connectivity index (χ3n) is 2.86. The molecule has 86 valence electrons. The Morgan fingerprint density at radius 2 is 2.00 bits per heavy atom. The van der Waals surface area contributed by atoms with Crippen molar-refractivity contribution in [1.29, 1.82) is 0 Å². The summed E-state index contributed by atoms with van der Waals surface area (Å²) in [4.78, 5) is 14.0. The van der Waals surface area contributed by atoms with Crippen molar-refractivity contribution in [2.45, 2.75) is 19.8 Å². The minimum absolute atomic E-state index is 0.167. The molecule has 1 heterocycles. The molecule has 1 saturated heterocycles. The average Bonchev–Trinajstić information content (AvgIpc) is 2.81. The lowest BCUT2D eigenvalue weighted by Crippen LogP contribution is -2.27. The van der Waals surface area contributed by atoms with Crippen LogP contribution in [0.4, 0.5) is 0 Å². The van der Waals surface area contributed by atoms with Crippen LogP contribution in [0.25, 0.3) is 0 Å². The van der Waals surface area contributed by atoms with E-state index in [2.05, 4.69) is 26.0 Å². The fraction of sp³-hybridized carbons (Fsp3) is 0.462. The van der Waals surface area contributed by atoms with Crippen LogP contribution in [0, 0.1) is 0 Å². The molecule has 0 spiro atoms. The van der Waals surface area contributed by atoms with Gasteiger partial charge in [0.05, 0.1) is 5.88 Å². The standard InChI is InChI=1S/C13H17NOS/c1-10(2)11-3-5-12(6-4-11)13(15)14-7-8-16-9-14/h3-6,10H,7-9H2,1-2H3. The maximum absolute atomic E-state index is 12.0. The molecular weight excluding hydrogens is 218 g/mol. The number of hydrogen-bond donors (Lipinski definition) is 0. The lowest BCUT2D eigenvalue weighted by molar-refractivity contribution is 0.0802. The average molecular weight is 235 g/mol. The van der Waals surface area contributed by atoms with Crippen molar-refractivity contribution < 1.29 is 4.79 Å². The highest BCUT2D eigenvalue weighted by atomic mass is 32.2. The van der Waals surface area contributed by atoms with Gasteiger partial charge in [-0.05, 0) is 23.6 Å². The number of carbonyl (C=O) groups is 1. The number of benzene rings is 1. The Morgan fingerprint density at radius 3 is 2.50 bits per heavy atom. The Kier molecular flexibility index (Phi) is 3.54. The Morgan fingerprint density at radius 1 is 1.31 bits per heavy atom. The van der Waals surface area contributed by atoms with Crippen molar-refractivity contribution in [3.8, 4) is 0 Å². The third kappa shape index (κ3) is 2.40. The number of nitrogens with zero attached hydrogens (tertiary/aromatic N) is 1. The fourth-order valence-electron chi connectivity index (χ4n) is 1.77. The molecule has 0 saturated carbocycles. The van der Waals surface area contributed by atoms with E-state index in [1.807, 2.05) is 28.8 Å². The van der Waals surface area contributed by atoms with E-state index in [4.69, 9.17) is 0 Å². The summed E-state index contributed by atoms with van der Waals surface area (Å²) in [5.41, 5.74) is 2.10. The second-order valence-electron chi connectivity index (χ2n) is 4.38. The molecule has 0 aromatic heterocycles. The minimum Gasteiger partial charge on any atom is -0.329 e. The second-order valence-corrected chi connectivity index (χ2v) is 5.46. The van der Waals surface area contributed by atoms with E-state index in [9.17, 15) is 4.79 Å². The van der Waals surface area contributed by atoms with Gasteiger partial charge in [0.2, 0.25) is 0 Å². The molecule has 0 N–H and O–H groups in total. The molecule has 1 aliphatic heterocycles. The van der Waals surface area contributed by atoms with Gasteiger partial charge >= 0.3 is 0 Å². The molecule has 3 heteroatoms. The normalized spacial score (nSPS) is 15.8.